The lowest BCUT2D eigenvalue weighted by molar-refractivity contribution is 0.318. The highest BCUT2D eigenvalue weighted by atomic mass is 32.2. The van der Waals surface area contributed by atoms with E-state index < -0.39 is 10.0 Å². The smallest absolute Gasteiger partial charge is 0.244 e. The quantitative estimate of drug-likeness (QED) is 0.796. The number of hydrogen-bond donors (Lipinski definition) is 2. The molecule has 6 nitrogen and oxygen atoms in total. The van der Waals surface area contributed by atoms with Crippen LogP contribution in [0.4, 0.5) is 0 Å². The van der Waals surface area contributed by atoms with Crippen LogP contribution in [0, 0.1) is 27.7 Å². The van der Waals surface area contributed by atoms with Crippen LogP contribution < -0.4 is 9.46 Å². The van der Waals surface area contributed by atoms with E-state index in [-0.39, 0.29) is 18.0 Å². The summed E-state index contributed by atoms with van der Waals surface area (Å²) < 4.78 is 32.7. The van der Waals surface area contributed by atoms with Gasteiger partial charge >= 0.3 is 0 Å². The van der Waals surface area contributed by atoms with Crippen molar-refractivity contribution in [1.82, 2.24) is 14.9 Å². The molecule has 0 radical (unpaired) electrons. The Bertz CT molecular complexity index is 727. The third-order valence-corrected chi connectivity index (χ3v) is 5.10. The molecule has 0 bridgehead atoms. The first-order valence-electron chi connectivity index (χ1n) is 7.03. The lowest BCUT2D eigenvalue weighted by Gasteiger charge is -2.12. The number of sulfonamides is 1. The Balaban J connectivity index is 1.97. The summed E-state index contributed by atoms with van der Waals surface area (Å²) in [5.74, 6) is 0.803. The molecule has 1 aromatic heterocycles. The van der Waals surface area contributed by atoms with Crippen LogP contribution in [0.1, 0.15) is 22.5 Å². The first-order valence-corrected chi connectivity index (χ1v) is 8.51. The Morgan fingerprint density at radius 1 is 1.18 bits per heavy atom. The van der Waals surface area contributed by atoms with Crippen molar-refractivity contribution in [2.24, 2.45) is 0 Å². The van der Waals surface area contributed by atoms with E-state index in [9.17, 15) is 8.42 Å². The molecule has 0 unspecified atom stereocenters. The van der Waals surface area contributed by atoms with E-state index in [1.54, 1.807) is 13.8 Å². The number of H-pyrrole nitrogens is 1. The zero-order valence-electron chi connectivity index (χ0n) is 13.2. The molecule has 1 heterocycles. The molecule has 0 aliphatic rings. The molecule has 0 saturated heterocycles. The van der Waals surface area contributed by atoms with Crippen molar-refractivity contribution in [2.45, 2.75) is 32.6 Å². The topological polar surface area (TPSA) is 84.1 Å². The van der Waals surface area contributed by atoms with Crippen LogP contribution in [-0.2, 0) is 10.0 Å². The minimum Gasteiger partial charge on any atom is -0.492 e. The molecule has 2 N–H and O–H groups in total. The molecule has 0 aliphatic heterocycles. The van der Waals surface area contributed by atoms with Gasteiger partial charge in [0.25, 0.3) is 0 Å². The largest absolute Gasteiger partial charge is 0.492 e. The molecule has 22 heavy (non-hydrogen) atoms. The van der Waals surface area contributed by atoms with Gasteiger partial charge in [0.2, 0.25) is 10.0 Å². The number of para-hydroxylation sites is 1. The summed E-state index contributed by atoms with van der Waals surface area (Å²) in [4.78, 5) is 0.208. The SMILES string of the molecule is Cc1cccc(C)c1OCCNS(=O)(=O)c1c(C)n[nH]c1C. The van der Waals surface area contributed by atoms with Crippen LogP contribution in [-0.4, -0.2) is 31.8 Å². The maximum absolute atomic E-state index is 12.3. The van der Waals surface area contributed by atoms with Crippen LogP contribution in [0.5, 0.6) is 5.75 Å². The third kappa shape index (κ3) is 3.48. The maximum atomic E-state index is 12.3. The number of ether oxygens (including phenoxy) is 1. The van der Waals surface area contributed by atoms with E-state index in [0.29, 0.717) is 11.4 Å². The first-order chi connectivity index (χ1) is 10.3. The minimum absolute atomic E-state index is 0.195. The second-order valence-corrected chi connectivity index (χ2v) is 6.93. The van der Waals surface area contributed by atoms with Gasteiger partial charge in [-0.15, -0.1) is 0 Å². The second kappa shape index (κ2) is 6.50. The van der Waals surface area contributed by atoms with Crippen molar-refractivity contribution in [1.29, 1.82) is 0 Å². The molecule has 2 aromatic rings. The highest BCUT2D eigenvalue weighted by molar-refractivity contribution is 7.89. The number of rotatable bonds is 6. The van der Waals surface area contributed by atoms with Crippen molar-refractivity contribution in [2.75, 3.05) is 13.2 Å². The van der Waals surface area contributed by atoms with Gasteiger partial charge in [0.1, 0.15) is 17.3 Å². The van der Waals surface area contributed by atoms with Gasteiger partial charge in [-0.2, -0.15) is 5.10 Å². The van der Waals surface area contributed by atoms with Gasteiger partial charge in [-0.1, -0.05) is 18.2 Å². The monoisotopic (exact) mass is 323 g/mol. The molecule has 1 aromatic carbocycles. The van der Waals surface area contributed by atoms with E-state index in [1.165, 1.54) is 0 Å². The molecule has 120 valence electrons. The number of aromatic nitrogens is 2. The lowest BCUT2D eigenvalue weighted by atomic mass is 10.1. The summed E-state index contributed by atoms with van der Waals surface area (Å²) in [7, 11) is -3.58. The van der Waals surface area contributed by atoms with Crippen molar-refractivity contribution in [3.05, 3.63) is 40.7 Å². The van der Waals surface area contributed by atoms with E-state index >= 15 is 0 Å². The van der Waals surface area contributed by atoms with Crippen LogP contribution in [0.25, 0.3) is 0 Å². The average molecular weight is 323 g/mol. The Kier molecular flexibility index (Phi) is 4.87. The van der Waals surface area contributed by atoms with Crippen LogP contribution in [0.15, 0.2) is 23.1 Å². The molecule has 0 fully saturated rings. The molecular formula is C15H21N3O3S. The van der Waals surface area contributed by atoms with E-state index in [4.69, 9.17) is 4.74 Å². The van der Waals surface area contributed by atoms with Gasteiger partial charge in [0.15, 0.2) is 0 Å². The number of aryl methyl sites for hydroxylation is 4. The number of aromatic amines is 1. The average Bonchev–Trinajstić information content (AvgIpc) is 2.77. The minimum atomic E-state index is -3.58. The molecule has 2 rings (SSSR count). The Morgan fingerprint density at radius 2 is 1.82 bits per heavy atom. The predicted molar refractivity (Wildman–Crippen MR) is 84.7 cm³/mol. The van der Waals surface area contributed by atoms with Gasteiger partial charge in [0.05, 0.1) is 11.4 Å². The molecule has 7 heteroatoms. The molecule has 0 aliphatic carbocycles. The van der Waals surface area contributed by atoms with E-state index in [1.807, 2.05) is 32.0 Å². The predicted octanol–water partition coefficient (Wildman–Crippen LogP) is 2.00. The lowest BCUT2D eigenvalue weighted by Crippen LogP contribution is -2.29. The summed E-state index contributed by atoms with van der Waals surface area (Å²) in [5, 5.41) is 6.58. The highest BCUT2D eigenvalue weighted by Crippen LogP contribution is 2.22. The van der Waals surface area contributed by atoms with E-state index in [0.717, 1.165) is 16.9 Å². The number of hydrogen-bond acceptors (Lipinski definition) is 4. The molecule has 0 saturated carbocycles. The van der Waals surface area contributed by atoms with Crippen molar-refractivity contribution in [3.63, 3.8) is 0 Å². The number of benzene rings is 1. The van der Waals surface area contributed by atoms with Gasteiger partial charge in [-0.05, 0) is 38.8 Å². The van der Waals surface area contributed by atoms with Crippen LogP contribution in [0.3, 0.4) is 0 Å². The summed E-state index contributed by atoms with van der Waals surface area (Å²) in [6.07, 6.45) is 0. The zero-order valence-corrected chi connectivity index (χ0v) is 14.0. The summed E-state index contributed by atoms with van der Waals surface area (Å²) in [6, 6.07) is 5.89. The Morgan fingerprint density at radius 3 is 2.36 bits per heavy atom. The van der Waals surface area contributed by atoms with Gasteiger partial charge in [-0.25, -0.2) is 13.1 Å². The summed E-state index contributed by atoms with van der Waals surface area (Å²) in [6.45, 7) is 7.73. The third-order valence-electron chi connectivity index (χ3n) is 3.38. The van der Waals surface area contributed by atoms with Crippen molar-refractivity contribution < 1.29 is 13.2 Å². The zero-order chi connectivity index (χ0) is 16.3. The molecule has 0 spiro atoms. The van der Waals surface area contributed by atoms with Crippen molar-refractivity contribution in [3.8, 4) is 5.75 Å². The Labute approximate surface area is 130 Å². The fourth-order valence-corrected chi connectivity index (χ4v) is 3.74. The van der Waals surface area contributed by atoms with Gasteiger partial charge in [-0.3, -0.25) is 5.10 Å². The van der Waals surface area contributed by atoms with E-state index in [2.05, 4.69) is 14.9 Å². The van der Waals surface area contributed by atoms with Crippen molar-refractivity contribution >= 4 is 10.0 Å². The highest BCUT2D eigenvalue weighted by Gasteiger charge is 2.21. The second-order valence-electron chi connectivity index (χ2n) is 5.23. The first kappa shape index (κ1) is 16.5. The number of nitrogens with one attached hydrogen (secondary N) is 2. The summed E-state index contributed by atoms with van der Waals surface area (Å²) in [5.41, 5.74) is 3.05. The maximum Gasteiger partial charge on any atom is 0.244 e. The fraction of sp³-hybridized carbons (Fsp3) is 0.400. The normalized spacial score (nSPS) is 11.6. The Hall–Kier alpha value is -1.86. The van der Waals surface area contributed by atoms with Gasteiger partial charge < -0.3 is 4.74 Å². The van der Waals surface area contributed by atoms with Gasteiger partial charge in [0, 0.05) is 6.54 Å². The molecule has 0 amide bonds. The van der Waals surface area contributed by atoms with Crippen LogP contribution >= 0.6 is 0 Å². The number of nitrogens with zero attached hydrogens (tertiary/aromatic N) is 1. The summed E-state index contributed by atoms with van der Waals surface area (Å²) >= 11 is 0. The fourth-order valence-electron chi connectivity index (χ4n) is 2.36. The molecule has 0 atom stereocenters. The standard InChI is InChI=1S/C15H21N3O3S/c1-10-6-5-7-11(2)14(10)21-9-8-16-22(19,20)15-12(3)17-18-13(15)4/h5-7,16H,8-9H2,1-4H3,(H,17,18). The molecular weight excluding hydrogens is 302 g/mol. The van der Waals surface area contributed by atoms with Crippen LogP contribution in [0.2, 0.25) is 0 Å².